The van der Waals surface area contributed by atoms with E-state index in [4.69, 9.17) is 5.73 Å². The second kappa shape index (κ2) is 5.22. The van der Waals surface area contributed by atoms with E-state index in [2.05, 4.69) is 66.3 Å². The van der Waals surface area contributed by atoms with E-state index in [1.807, 2.05) is 13.0 Å². The van der Waals surface area contributed by atoms with Gasteiger partial charge in [0.1, 0.15) is 0 Å². The molecule has 98 valence electrons. The summed E-state index contributed by atoms with van der Waals surface area (Å²) in [5, 5.41) is 0. The molecule has 1 heteroatoms. The van der Waals surface area contributed by atoms with Crippen molar-refractivity contribution in [2.75, 3.05) is 0 Å². The molecule has 0 rings (SSSR count). The highest BCUT2D eigenvalue weighted by Crippen LogP contribution is 2.46. The zero-order chi connectivity index (χ0) is 13.9. The highest BCUT2D eigenvalue weighted by atomic mass is 14.8. The molecule has 2 N–H and O–H groups in total. The molecule has 1 unspecified atom stereocenters. The Hall–Kier alpha value is -0.820. The summed E-state index contributed by atoms with van der Waals surface area (Å²) in [7, 11) is 0. The topological polar surface area (TPSA) is 26.0 Å². The lowest BCUT2D eigenvalue weighted by Gasteiger charge is -2.51. The lowest BCUT2D eigenvalue weighted by atomic mass is 9.58. The Morgan fingerprint density at radius 3 is 1.82 bits per heavy atom. The highest BCUT2D eigenvalue weighted by molar-refractivity contribution is 5.33. The number of hydrogen-bond donors (Lipinski definition) is 1. The van der Waals surface area contributed by atoms with Gasteiger partial charge in [-0.15, -0.1) is 0 Å². The predicted molar refractivity (Wildman–Crippen MR) is 78.9 cm³/mol. The van der Waals surface area contributed by atoms with Crippen molar-refractivity contribution in [1.82, 2.24) is 0 Å². The number of hydrogen-bond acceptors (Lipinski definition) is 1. The first-order valence-electron chi connectivity index (χ1n) is 6.27. The van der Waals surface area contributed by atoms with Crippen LogP contribution in [0.1, 0.15) is 48.5 Å². The number of nitrogens with two attached hydrogens (primary N) is 1. The van der Waals surface area contributed by atoms with E-state index in [0.717, 1.165) is 0 Å². The van der Waals surface area contributed by atoms with Crippen LogP contribution < -0.4 is 5.73 Å². The maximum absolute atomic E-state index is 6.62. The summed E-state index contributed by atoms with van der Waals surface area (Å²) in [6, 6.07) is 0. The van der Waals surface area contributed by atoms with Crippen LogP contribution in [0.3, 0.4) is 0 Å². The van der Waals surface area contributed by atoms with Crippen LogP contribution >= 0.6 is 0 Å². The number of rotatable bonds is 4. The molecule has 0 radical (unpaired) electrons. The summed E-state index contributed by atoms with van der Waals surface area (Å²) in [6.45, 7) is 18.9. The Labute approximate surface area is 107 Å². The molecule has 0 aliphatic carbocycles. The largest absolute Gasteiger partial charge is 0.324 e. The molecule has 0 amide bonds. The van der Waals surface area contributed by atoms with Gasteiger partial charge in [0.15, 0.2) is 0 Å². The van der Waals surface area contributed by atoms with Crippen LogP contribution in [-0.2, 0) is 0 Å². The average Bonchev–Trinajstić information content (AvgIpc) is 2.15. The molecule has 0 fully saturated rings. The summed E-state index contributed by atoms with van der Waals surface area (Å²) in [4.78, 5) is 0. The van der Waals surface area contributed by atoms with Gasteiger partial charge in [-0.3, -0.25) is 0 Å². The molecule has 0 spiro atoms. The van der Waals surface area contributed by atoms with Gasteiger partial charge >= 0.3 is 0 Å². The van der Waals surface area contributed by atoms with Crippen LogP contribution in [0.2, 0.25) is 0 Å². The Morgan fingerprint density at radius 1 is 1.06 bits per heavy atom. The third-order valence-corrected chi connectivity index (χ3v) is 4.22. The summed E-state index contributed by atoms with van der Waals surface area (Å²) in [6.07, 6.45) is 8.06. The van der Waals surface area contributed by atoms with Crippen LogP contribution in [0.5, 0.6) is 0 Å². The molecule has 0 aromatic heterocycles. The van der Waals surface area contributed by atoms with Crippen molar-refractivity contribution in [3.63, 3.8) is 0 Å². The van der Waals surface area contributed by atoms with Gasteiger partial charge in [-0.2, -0.15) is 0 Å². The Morgan fingerprint density at radius 2 is 1.53 bits per heavy atom. The zero-order valence-electron chi connectivity index (χ0n) is 12.6. The van der Waals surface area contributed by atoms with E-state index >= 15 is 0 Å². The molecule has 0 saturated heterocycles. The fourth-order valence-corrected chi connectivity index (χ4v) is 2.02. The van der Waals surface area contributed by atoms with E-state index in [-0.39, 0.29) is 16.4 Å². The smallest absolute Gasteiger partial charge is 0.0267 e. The highest BCUT2D eigenvalue weighted by Gasteiger charge is 2.47. The Balaban J connectivity index is 5.67. The van der Waals surface area contributed by atoms with Gasteiger partial charge in [-0.25, -0.2) is 0 Å². The fraction of sp³-hybridized carbons (Fsp3) is 0.625. The summed E-state index contributed by atoms with van der Waals surface area (Å²) >= 11 is 0. The van der Waals surface area contributed by atoms with E-state index < -0.39 is 0 Å². The monoisotopic (exact) mass is 235 g/mol. The van der Waals surface area contributed by atoms with Gasteiger partial charge in [-0.05, 0) is 24.8 Å². The van der Waals surface area contributed by atoms with E-state index in [1.165, 1.54) is 5.57 Å². The Bertz CT molecular complexity index is 322. The third kappa shape index (κ3) is 3.10. The second-order valence-corrected chi connectivity index (χ2v) is 6.44. The molecule has 0 aromatic rings. The molecular weight excluding hydrogens is 206 g/mol. The average molecular weight is 235 g/mol. The molecule has 0 heterocycles. The maximum atomic E-state index is 6.62. The molecule has 0 aromatic carbocycles. The normalized spacial score (nSPS) is 18.2. The van der Waals surface area contributed by atoms with Gasteiger partial charge in [0, 0.05) is 11.0 Å². The first-order valence-corrected chi connectivity index (χ1v) is 6.27. The molecular formula is C16H29N. The zero-order valence-corrected chi connectivity index (χ0v) is 12.6. The first kappa shape index (κ1) is 16.2. The van der Waals surface area contributed by atoms with Crippen molar-refractivity contribution in [2.45, 2.75) is 54.0 Å². The lowest BCUT2D eigenvalue weighted by Crippen LogP contribution is -2.59. The van der Waals surface area contributed by atoms with E-state index in [1.54, 1.807) is 0 Å². The van der Waals surface area contributed by atoms with Gasteiger partial charge in [0.05, 0.1) is 0 Å². The molecule has 17 heavy (non-hydrogen) atoms. The van der Waals surface area contributed by atoms with E-state index in [0.29, 0.717) is 0 Å². The standard InChI is InChI=1S/C16H29N/c1-9-11-13(12-10-2)15(6,7)16(8,17)14(3,4)5/h9-12H,1,17H2,2-8H3/b12-10-,13-11+. The summed E-state index contributed by atoms with van der Waals surface area (Å²) < 4.78 is 0. The van der Waals surface area contributed by atoms with Gasteiger partial charge < -0.3 is 5.73 Å². The minimum atomic E-state index is -0.311. The predicted octanol–water partition coefficient (Wildman–Crippen LogP) is 4.46. The van der Waals surface area contributed by atoms with Crippen molar-refractivity contribution in [3.8, 4) is 0 Å². The molecule has 0 saturated carbocycles. The van der Waals surface area contributed by atoms with Crippen LogP contribution in [0.25, 0.3) is 0 Å². The van der Waals surface area contributed by atoms with Crippen molar-refractivity contribution < 1.29 is 0 Å². The molecule has 0 aliphatic rings. The van der Waals surface area contributed by atoms with Crippen molar-refractivity contribution in [2.24, 2.45) is 16.6 Å². The van der Waals surface area contributed by atoms with Crippen LogP contribution in [0, 0.1) is 10.8 Å². The van der Waals surface area contributed by atoms with Crippen LogP contribution in [-0.4, -0.2) is 5.54 Å². The lowest BCUT2D eigenvalue weighted by molar-refractivity contribution is 0.0932. The van der Waals surface area contributed by atoms with Crippen molar-refractivity contribution in [1.29, 1.82) is 0 Å². The third-order valence-electron chi connectivity index (χ3n) is 4.22. The summed E-state index contributed by atoms with van der Waals surface area (Å²) in [5.74, 6) is 0. The maximum Gasteiger partial charge on any atom is 0.0267 e. The minimum Gasteiger partial charge on any atom is -0.324 e. The van der Waals surface area contributed by atoms with Gasteiger partial charge in [0.2, 0.25) is 0 Å². The quantitative estimate of drug-likeness (QED) is 0.715. The van der Waals surface area contributed by atoms with Crippen LogP contribution in [0.4, 0.5) is 0 Å². The molecule has 0 aliphatic heterocycles. The minimum absolute atomic E-state index is 0.0261. The van der Waals surface area contributed by atoms with Gasteiger partial charge in [0.25, 0.3) is 0 Å². The van der Waals surface area contributed by atoms with Crippen molar-refractivity contribution >= 4 is 0 Å². The first-order chi connectivity index (χ1) is 7.52. The SMILES string of the molecule is C=C/C=C(\C=C/C)C(C)(C)C(C)(N)C(C)(C)C. The number of allylic oxidation sites excluding steroid dienone is 4. The second-order valence-electron chi connectivity index (χ2n) is 6.44. The van der Waals surface area contributed by atoms with Crippen molar-refractivity contribution in [3.05, 3.63) is 36.5 Å². The molecule has 0 bridgehead atoms. The molecule has 1 atom stereocenters. The molecule has 1 nitrogen and oxygen atoms in total. The van der Waals surface area contributed by atoms with E-state index in [9.17, 15) is 0 Å². The Kier molecular flexibility index (Phi) is 4.97. The fourth-order valence-electron chi connectivity index (χ4n) is 2.02. The van der Waals surface area contributed by atoms with Gasteiger partial charge in [-0.1, -0.05) is 65.5 Å². The van der Waals surface area contributed by atoms with Crippen LogP contribution in [0.15, 0.2) is 36.5 Å². The summed E-state index contributed by atoms with van der Waals surface area (Å²) in [5.41, 5.74) is 7.44.